The summed E-state index contributed by atoms with van der Waals surface area (Å²) in [4.78, 5) is 4.84. The van der Waals surface area contributed by atoms with E-state index in [1.807, 2.05) is 30.3 Å². The van der Waals surface area contributed by atoms with Crippen LogP contribution in [0.25, 0.3) is 11.0 Å². The van der Waals surface area contributed by atoms with Crippen molar-refractivity contribution in [3.05, 3.63) is 54.4 Å². The van der Waals surface area contributed by atoms with Crippen molar-refractivity contribution in [2.45, 2.75) is 39.2 Å². The van der Waals surface area contributed by atoms with Gasteiger partial charge < -0.3 is 15.0 Å². The Bertz CT molecular complexity index is 830. The first kappa shape index (κ1) is 16.4. The molecule has 0 atom stereocenters. The number of fused-ring (bicyclic) bond motifs is 1. The molecule has 0 fully saturated rings. The lowest BCUT2D eigenvalue weighted by atomic mass is 9.95. The highest BCUT2D eigenvalue weighted by atomic mass is 16.5. The number of anilines is 1. The second-order valence-electron chi connectivity index (χ2n) is 7.10. The fourth-order valence-corrected chi connectivity index (χ4v) is 2.89. The first-order valence-electron chi connectivity index (χ1n) is 8.39. The van der Waals surface area contributed by atoms with Crippen molar-refractivity contribution in [3.8, 4) is 5.75 Å². The Morgan fingerprint density at radius 2 is 1.88 bits per heavy atom. The highest BCUT2D eigenvalue weighted by molar-refractivity contribution is 5.76. The minimum absolute atomic E-state index is 0.00770. The Morgan fingerprint density at radius 1 is 1.08 bits per heavy atom. The molecule has 3 aromatic rings. The van der Waals surface area contributed by atoms with Crippen LogP contribution in [0.1, 0.15) is 33.0 Å². The summed E-state index contributed by atoms with van der Waals surface area (Å²) >= 11 is 0. The van der Waals surface area contributed by atoms with Gasteiger partial charge in [-0.1, -0.05) is 39.0 Å². The normalized spacial score (nSPS) is 11.8. The van der Waals surface area contributed by atoms with E-state index in [0.717, 1.165) is 35.7 Å². The molecule has 0 bridgehead atoms. The lowest BCUT2D eigenvalue weighted by Gasteiger charge is -2.20. The molecular weight excluding hydrogens is 298 g/mol. The number of hydrogen-bond donors (Lipinski definition) is 1. The predicted octanol–water partition coefficient (Wildman–Crippen LogP) is 4.39. The van der Waals surface area contributed by atoms with Gasteiger partial charge in [0.1, 0.15) is 11.6 Å². The number of hydrogen-bond acceptors (Lipinski definition) is 3. The Kier molecular flexibility index (Phi) is 4.47. The summed E-state index contributed by atoms with van der Waals surface area (Å²) in [6, 6.07) is 15.9. The minimum Gasteiger partial charge on any atom is -0.493 e. The number of aromatic nitrogens is 2. The summed E-state index contributed by atoms with van der Waals surface area (Å²) < 4.78 is 8.13. The van der Waals surface area contributed by atoms with E-state index in [0.29, 0.717) is 6.61 Å². The summed E-state index contributed by atoms with van der Waals surface area (Å²) in [5.74, 6) is 1.94. The zero-order valence-corrected chi connectivity index (χ0v) is 14.6. The topological polar surface area (TPSA) is 53.1 Å². The van der Waals surface area contributed by atoms with Gasteiger partial charge in [-0.3, -0.25) is 0 Å². The molecule has 0 aliphatic heterocycles. The van der Waals surface area contributed by atoms with Gasteiger partial charge in [-0.25, -0.2) is 4.98 Å². The predicted molar refractivity (Wildman–Crippen MR) is 99.4 cm³/mol. The van der Waals surface area contributed by atoms with Crippen LogP contribution >= 0.6 is 0 Å². The first-order chi connectivity index (χ1) is 11.4. The number of aryl methyl sites for hydroxylation is 1. The molecule has 0 amide bonds. The number of nitrogens with zero attached hydrogens (tertiary/aromatic N) is 2. The highest BCUT2D eigenvalue weighted by Crippen LogP contribution is 2.26. The number of nitrogen functional groups attached to an aromatic ring is 1. The molecule has 0 saturated heterocycles. The van der Waals surface area contributed by atoms with Crippen molar-refractivity contribution in [1.29, 1.82) is 0 Å². The molecule has 2 N–H and O–H groups in total. The van der Waals surface area contributed by atoms with Crippen LogP contribution < -0.4 is 10.5 Å². The van der Waals surface area contributed by atoms with Gasteiger partial charge in [-0.15, -0.1) is 0 Å². The smallest absolute Gasteiger partial charge is 0.121 e. The highest BCUT2D eigenvalue weighted by Gasteiger charge is 2.22. The van der Waals surface area contributed by atoms with Crippen molar-refractivity contribution in [3.63, 3.8) is 0 Å². The van der Waals surface area contributed by atoms with Crippen LogP contribution in [0.4, 0.5) is 5.69 Å². The average Bonchev–Trinajstić information content (AvgIpc) is 2.91. The van der Waals surface area contributed by atoms with E-state index in [1.54, 1.807) is 0 Å². The SMILES string of the molecule is CC(C)(C)c1nc2ccccc2n1CCCOc1cccc(N)c1. The van der Waals surface area contributed by atoms with Crippen molar-refractivity contribution < 1.29 is 4.74 Å². The van der Waals surface area contributed by atoms with Crippen molar-refractivity contribution in [2.75, 3.05) is 12.3 Å². The van der Waals surface area contributed by atoms with Gasteiger partial charge in [0.15, 0.2) is 0 Å². The van der Waals surface area contributed by atoms with E-state index in [4.69, 9.17) is 15.5 Å². The molecular formula is C20H25N3O. The fourth-order valence-electron chi connectivity index (χ4n) is 2.89. The van der Waals surface area contributed by atoms with Crippen LogP contribution in [-0.4, -0.2) is 16.2 Å². The number of imidazole rings is 1. The first-order valence-corrected chi connectivity index (χ1v) is 8.39. The quantitative estimate of drug-likeness (QED) is 0.560. The van der Waals surface area contributed by atoms with Crippen molar-refractivity contribution in [2.24, 2.45) is 0 Å². The van der Waals surface area contributed by atoms with Gasteiger partial charge in [0, 0.05) is 23.7 Å². The molecule has 0 unspecified atom stereocenters. The Morgan fingerprint density at radius 3 is 2.62 bits per heavy atom. The maximum Gasteiger partial charge on any atom is 0.121 e. The number of ether oxygens (including phenoxy) is 1. The molecule has 0 spiro atoms. The van der Waals surface area contributed by atoms with Gasteiger partial charge in [0.2, 0.25) is 0 Å². The Labute approximate surface area is 143 Å². The van der Waals surface area contributed by atoms with E-state index in [-0.39, 0.29) is 5.41 Å². The lowest BCUT2D eigenvalue weighted by Crippen LogP contribution is -2.19. The molecule has 126 valence electrons. The molecule has 0 radical (unpaired) electrons. The number of nitrogens with two attached hydrogens (primary N) is 1. The van der Waals surface area contributed by atoms with Crippen LogP contribution in [-0.2, 0) is 12.0 Å². The van der Waals surface area contributed by atoms with Crippen LogP contribution in [0.15, 0.2) is 48.5 Å². The van der Waals surface area contributed by atoms with Gasteiger partial charge in [-0.2, -0.15) is 0 Å². The standard InChI is InChI=1S/C20H25N3O/c1-20(2,3)19-22-17-10-4-5-11-18(17)23(19)12-7-13-24-16-9-6-8-15(21)14-16/h4-6,8-11,14H,7,12-13,21H2,1-3H3. The molecule has 24 heavy (non-hydrogen) atoms. The summed E-state index contributed by atoms with van der Waals surface area (Å²) in [5.41, 5.74) is 8.75. The summed E-state index contributed by atoms with van der Waals surface area (Å²) in [5, 5.41) is 0. The zero-order chi connectivity index (χ0) is 17.2. The molecule has 2 aromatic carbocycles. The van der Waals surface area contributed by atoms with E-state index >= 15 is 0 Å². The van der Waals surface area contributed by atoms with Crippen LogP contribution in [0.2, 0.25) is 0 Å². The molecule has 0 aliphatic rings. The monoisotopic (exact) mass is 323 g/mol. The molecule has 0 aliphatic carbocycles. The molecule has 0 saturated carbocycles. The second-order valence-corrected chi connectivity index (χ2v) is 7.10. The third-order valence-electron chi connectivity index (χ3n) is 3.98. The van der Waals surface area contributed by atoms with Crippen molar-refractivity contribution >= 4 is 16.7 Å². The lowest BCUT2D eigenvalue weighted by molar-refractivity contribution is 0.300. The number of rotatable bonds is 5. The van der Waals surface area contributed by atoms with Crippen molar-refractivity contribution in [1.82, 2.24) is 9.55 Å². The van der Waals surface area contributed by atoms with Gasteiger partial charge in [-0.05, 0) is 30.7 Å². The summed E-state index contributed by atoms with van der Waals surface area (Å²) in [6.45, 7) is 8.14. The average molecular weight is 323 g/mol. The van der Waals surface area contributed by atoms with E-state index < -0.39 is 0 Å². The fraction of sp³-hybridized carbons (Fsp3) is 0.350. The van der Waals surface area contributed by atoms with E-state index in [9.17, 15) is 0 Å². The van der Waals surface area contributed by atoms with Crippen LogP contribution in [0.3, 0.4) is 0 Å². The van der Waals surface area contributed by atoms with Gasteiger partial charge in [0.25, 0.3) is 0 Å². The molecule has 3 rings (SSSR count). The molecule has 4 heteroatoms. The van der Waals surface area contributed by atoms with E-state index in [2.05, 4.69) is 43.5 Å². The van der Waals surface area contributed by atoms with Crippen LogP contribution in [0.5, 0.6) is 5.75 Å². The minimum atomic E-state index is 0.00770. The Balaban J connectivity index is 1.72. The third kappa shape index (κ3) is 3.53. The van der Waals surface area contributed by atoms with Crippen LogP contribution in [0, 0.1) is 0 Å². The van der Waals surface area contributed by atoms with Gasteiger partial charge in [0.05, 0.1) is 17.6 Å². The molecule has 1 aromatic heterocycles. The zero-order valence-electron chi connectivity index (χ0n) is 14.6. The third-order valence-corrected chi connectivity index (χ3v) is 3.98. The van der Waals surface area contributed by atoms with Gasteiger partial charge >= 0.3 is 0 Å². The maximum atomic E-state index is 5.81. The Hall–Kier alpha value is -2.49. The van der Waals surface area contributed by atoms with E-state index in [1.165, 1.54) is 5.52 Å². The maximum absolute atomic E-state index is 5.81. The summed E-state index contributed by atoms with van der Waals surface area (Å²) in [7, 11) is 0. The summed E-state index contributed by atoms with van der Waals surface area (Å²) in [6.07, 6.45) is 0.915. The second kappa shape index (κ2) is 6.56. The number of para-hydroxylation sites is 2. The largest absolute Gasteiger partial charge is 0.493 e. The molecule has 4 nitrogen and oxygen atoms in total. The number of benzene rings is 2. The molecule has 1 heterocycles.